The highest BCUT2D eigenvalue weighted by Gasteiger charge is 2.43. The van der Waals surface area contributed by atoms with Gasteiger partial charge in [0.1, 0.15) is 0 Å². The second-order valence-electron chi connectivity index (χ2n) is 9.02. The molecular formula is C22H27F2N5O3. The van der Waals surface area contributed by atoms with Crippen LogP contribution in [0.15, 0.2) is 24.3 Å². The number of morpholine rings is 1. The van der Waals surface area contributed by atoms with E-state index in [1.165, 1.54) is 18.6 Å². The summed E-state index contributed by atoms with van der Waals surface area (Å²) in [5.74, 6) is 0.962. The molecule has 0 aliphatic carbocycles. The summed E-state index contributed by atoms with van der Waals surface area (Å²) in [6, 6.07) is 7.39. The first kappa shape index (κ1) is 20.2. The lowest BCUT2D eigenvalue weighted by molar-refractivity contribution is -0.286. The van der Waals surface area contributed by atoms with Crippen molar-refractivity contribution in [1.82, 2.24) is 19.6 Å². The summed E-state index contributed by atoms with van der Waals surface area (Å²) in [5.41, 5.74) is 1.59. The number of aryl methyl sites for hydroxylation is 1. The summed E-state index contributed by atoms with van der Waals surface area (Å²) in [5, 5.41) is 4.74. The number of fused-ring (bicyclic) bond motifs is 3. The van der Waals surface area contributed by atoms with Crippen LogP contribution in [0.4, 0.5) is 14.6 Å². The molecule has 4 aliphatic heterocycles. The van der Waals surface area contributed by atoms with Crippen molar-refractivity contribution < 1.29 is 23.0 Å². The summed E-state index contributed by atoms with van der Waals surface area (Å²) in [6.07, 6.45) is -1.97. The lowest BCUT2D eigenvalue weighted by Crippen LogP contribution is -2.49. The number of halogens is 2. The molecular weight excluding hydrogens is 420 g/mol. The fourth-order valence-electron chi connectivity index (χ4n) is 5.17. The van der Waals surface area contributed by atoms with Crippen molar-refractivity contribution in [3.63, 3.8) is 0 Å². The molecule has 2 aromatic rings. The molecule has 0 radical (unpaired) electrons. The van der Waals surface area contributed by atoms with Crippen LogP contribution in [0, 0.1) is 6.92 Å². The van der Waals surface area contributed by atoms with Gasteiger partial charge in [0.2, 0.25) is 0 Å². The minimum Gasteiger partial charge on any atom is -0.395 e. The van der Waals surface area contributed by atoms with Gasteiger partial charge in [-0.2, -0.15) is 5.10 Å². The van der Waals surface area contributed by atoms with Gasteiger partial charge in [-0.1, -0.05) is 0 Å². The van der Waals surface area contributed by atoms with Crippen molar-refractivity contribution in [2.75, 3.05) is 57.3 Å². The Morgan fingerprint density at radius 3 is 2.62 bits per heavy atom. The number of nitrogens with zero attached hydrogens (tertiary/aromatic N) is 5. The molecule has 5 heterocycles. The summed E-state index contributed by atoms with van der Waals surface area (Å²) < 4.78 is 43.2. The minimum absolute atomic E-state index is 0.0235. The van der Waals surface area contributed by atoms with Crippen molar-refractivity contribution in [3.05, 3.63) is 30.0 Å². The largest absolute Gasteiger partial charge is 0.586 e. The molecule has 10 heteroatoms. The van der Waals surface area contributed by atoms with Gasteiger partial charge in [0.15, 0.2) is 17.3 Å². The van der Waals surface area contributed by atoms with Crippen molar-refractivity contribution in [2.45, 2.75) is 31.8 Å². The molecule has 0 unspecified atom stereocenters. The fourth-order valence-corrected chi connectivity index (χ4v) is 5.17. The summed E-state index contributed by atoms with van der Waals surface area (Å²) in [4.78, 5) is 7.38. The Balaban J connectivity index is 1.07. The number of aromatic nitrogens is 2. The van der Waals surface area contributed by atoms with Gasteiger partial charge in [-0.3, -0.25) is 9.80 Å². The maximum atomic E-state index is 13.3. The van der Waals surface area contributed by atoms with E-state index in [1.807, 2.05) is 13.0 Å². The SMILES string of the molecule is Cc1cc(N2CCN(CCN3C[C@H]4C[C@@H]3CO4)CC2)nn1-c1ccc2c(c1)OC(F)(F)O2. The van der Waals surface area contributed by atoms with Crippen molar-refractivity contribution >= 4 is 5.82 Å². The average Bonchev–Trinajstić information content (AvgIpc) is 3.54. The molecule has 8 nitrogen and oxygen atoms in total. The molecule has 6 rings (SSSR count). The number of benzene rings is 1. The molecule has 0 amide bonds. The number of likely N-dealkylation sites (tertiary alicyclic amines) is 1. The Morgan fingerprint density at radius 2 is 1.88 bits per heavy atom. The first-order valence-corrected chi connectivity index (χ1v) is 11.2. The van der Waals surface area contributed by atoms with E-state index in [4.69, 9.17) is 9.84 Å². The van der Waals surface area contributed by atoms with Gasteiger partial charge in [0.05, 0.1) is 18.4 Å². The van der Waals surface area contributed by atoms with Gasteiger partial charge in [-0.15, -0.1) is 8.78 Å². The van der Waals surface area contributed by atoms with Crippen LogP contribution < -0.4 is 14.4 Å². The van der Waals surface area contributed by atoms with Crippen LogP contribution in [0.3, 0.4) is 0 Å². The van der Waals surface area contributed by atoms with E-state index < -0.39 is 6.29 Å². The average molecular weight is 447 g/mol. The third-order valence-corrected chi connectivity index (χ3v) is 6.92. The number of rotatable bonds is 5. The van der Waals surface area contributed by atoms with Gasteiger partial charge in [0, 0.05) is 69.7 Å². The number of alkyl halides is 2. The molecule has 2 bridgehead atoms. The van der Waals surface area contributed by atoms with Gasteiger partial charge in [0.25, 0.3) is 0 Å². The predicted octanol–water partition coefficient (Wildman–Crippen LogP) is 2.10. The summed E-state index contributed by atoms with van der Waals surface area (Å²) in [6.45, 7) is 9.98. The first-order chi connectivity index (χ1) is 15.4. The van der Waals surface area contributed by atoms with Crippen LogP contribution in [0.1, 0.15) is 12.1 Å². The van der Waals surface area contributed by atoms with Gasteiger partial charge in [-0.25, -0.2) is 4.68 Å². The lowest BCUT2D eigenvalue weighted by Gasteiger charge is -2.36. The zero-order valence-corrected chi connectivity index (χ0v) is 18.0. The van der Waals surface area contributed by atoms with E-state index in [1.54, 1.807) is 10.7 Å². The molecule has 0 N–H and O–H groups in total. The predicted molar refractivity (Wildman–Crippen MR) is 113 cm³/mol. The lowest BCUT2D eigenvalue weighted by atomic mass is 10.2. The Kier molecular flexibility index (Phi) is 4.78. The van der Waals surface area contributed by atoms with Crippen LogP contribution in [0.5, 0.6) is 11.5 Å². The highest BCUT2D eigenvalue weighted by Crippen LogP contribution is 2.42. The zero-order chi connectivity index (χ0) is 21.9. The van der Waals surface area contributed by atoms with Crippen LogP contribution in [-0.2, 0) is 4.74 Å². The van der Waals surface area contributed by atoms with Gasteiger partial charge < -0.3 is 19.1 Å². The molecule has 2 atom stereocenters. The molecule has 1 aromatic carbocycles. The first-order valence-electron chi connectivity index (χ1n) is 11.2. The normalized spacial score (nSPS) is 26.9. The van der Waals surface area contributed by atoms with Gasteiger partial charge >= 0.3 is 6.29 Å². The zero-order valence-electron chi connectivity index (χ0n) is 18.0. The summed E-state index contributed by atoms with van der Waals surface area (Å²) >= 11 is 0. The number of ether oxygens (including phenoxy) is 3. The van der Waals surface area contributed by atoms with E-state index in [0.29, 0.717) is 17.8 Å². The number of piperazine rings is 1. The van der Waals surface area contributed by atoms with Crippen LogP contribution in [-0.4, -0.2) is 90.4 Å². The fraction of sp³-hybridized carbons (Fsp3) is 0.591. The summed E-state index contributed by atoms with van der Waals surface area (Å²) in [7, 11) is 0. The molecule has 172 valence electrons. The third-order valence-electron chi connectivity index (χ3n) is 6.92. The third kappa shape index (κ3) is 3.70. The standard InChI is InChI=1S/C22H27F2N5O3/c1-15-10-21(25-29(15)16-2-3-19-20(12-16)32-22(23,24)31-19)27-7-4-26(5-8-27)6-9-28-13-18-11-17(28)14-30-18/h2-3,10,12,17-18H,4-9,11,13-14H2,1H3/t17-,18-/m1/s1. The van der Waals surface area contributed by atoms with E-state index in [-0.39, 0.29) is 11.5 Å². The van der Waals surface area contributed by atoms with Crippen LogP contribution >= 0.6 is 0 Å². The minimum atomic E-state index is -3.62. The molecule has 3 saturated heterocycles. The second-order valence-corrected chi connectivity index (χ2v) is 9.02. The van der Waals surface area contributed by atoms with Gasteiger partial charge in [-0.05, 0) is 25.5 Å². The van der Waals surface area contributed by atoms with Crippen molar-refractivity contribution in [3.8, 4) is 17.2 Å². The van der Waals surface area contributed by atoms with Crippen LogP contribution in [0.2, 0.25) is 0 Å². The second kappa shape index (κ2) is 7.57. The smallest absolute Gasteiger partial charge is 0.395 e. The highest BCUT2D eigenvalue weighted by atomic mass is 19.3. The quantitative estimate of drug-likeness (QED) is 0.696. The topological polar surface area (TPSA) is 55.2 Å². The molecule has 3 fully saturated rings. The van der Waals surface area contributed by atoms with E-state index in [0.717, 1.165) is 63.9 Å². The Hall–Kier alpha value is -2.43. The molecule has 4 aliphatic rings. The van der Waals surface area contributed by atoms with Crippen molar-refractivity contribution in [2.24, 2.45) is 0 Å². The maximum absolute atomic E-state index is 13.3. The van der Waals surface area contributed by atoms with Crippen molar-refractivity contribution in [1.29, 1.82) is 0 Å². The Morgan fingerprint density at radius 1 is 1.06 bits per heavy atom. The molecule has 32 heavy (non-hydrogen) atoms. The number of hydrogen-bond donors (Lipinski definition) is 0. The van der Waals surface area contributed by atoms with Crippen LogP contribution in [0.25, 0.3) is 5.69 Å². The van der Waals surface area contributed by atoms with E-state index >= 15 is 0 Å². The number of anilines is 1. The molecule has 0 spiro atoms. The van der Waals surface area contributed by atoms with E-state index in [2.05, 4.69) is 24.2 Å². The Labute approximate surface area is 185 Å². The molecule has 0 saturated carbocycles. The number of hydrogen-bond acceptors (Lipinski definition) is 7. The van der Waals surface area contributed by atoms with E-state index in [9.17, 15) is 8.78 Å². The maximum Gasteiger partial charge on any atom is 0.586 e. The monoisotopic (exact) mass is 447 g/mol. The molecule has 1 aromatic heterocycles. The highest BCUT2D eigenvalue weighted by molar-refractivity contribution is 5.52. The Bertz CT molecular complexity index is 1010.